The Bertz CT molecular complexity index is 503. The summed E-state index contributed by atoms with van der Waals surface area (Å²) < 4.78 is 16.3. The van der Waals surface area contributed by atoms with Crippen molar-refractivity contribution in [1.29, 1.82) is 0 Å². The molecule has 20 heavy (non-hydrogen) atoms. The van der Waals surface area contributed by atoms with Crippen molar-refractivity contribution in [3.63, 3.8) is 0 Å². The van der Waals surface area contributed by atoms with Gasteiger partial charge in [0, 0.05) is 4.47 Å². The standard InChI is InChI=1S/C14H17BrO5/c1-18-12-6-9(8-5-10(8)14(17)19-2)11(15)7-13(12)20-4-3-16/h6-8,10,16H,3-5H2,1-2H3/t8-,10+/m1/s1. The van der Waals surface area contributed by atoms with Crippen LogP contribution in [0.4, 0.5) is 0 Å². The van der Waals surface area contributed by atoms with Crippen LogP contribution >= 0.6 is 15.9 Å². The van der Waals surface area contributed by atoms with Crippen molar-refractivity contribution < 1.29 is 24.1 Å². The zero-order valence-electron chi connectivity index (χ0n) is 11.4. The summed E-state index contributed by atoms with van der Waals surface area (Å²) in [5.74, 6) is 1.05. The van der Waals surface area contributed by atoms with Crippen LogP contribution in [0.25, 0.3) is 0 Å². The number of aliphatic hydroxyl groups is 1. The molecule has 1 aromatic rings. The van der Waals surface area contributed by atoms with Gasteiger partial charge in [-0.05, 0) is 30.0 Å². The number of aliphatic hydroxyl groups excluding tert-OH is 1. The predicted molar refractivity (Wildman–Crippen MR) is 76.1 cm³/mol. The smallest absolute Gasteiger partial charge is 0.309 e. The summed E-state index contributed by atoms with van der Waals surface area (Å²) in [4.78, 5) is 11.5. The fourth-order valence-electron chi connectivity index (χ4n) is 2.21. The molecule has 5 nitrogen and oxygen atoms in total. The molecule has 1 saturated carbocycles. The highest BCUT2D eigenvalue weighted by Crippen LogP contribution is 2.52. The van der Waals surface area contributed by atoms with E-state index in [2.05, 4.69) is 15.9 Å². The third kappa shape index (κ3) is 3.07. The molecule has 0 unspecified atom stereocenters. The molecule has 1 fully saturated rings. The maximum absolute atomic E-state index is 11.5. The summed E-state index contributed by atoms with van der Waals surface area (Å²) in [6, 6.07) is 3.67. The van der Waals surface area contributed by atoms with Crippen LogP contribution in [0.1, 0.15) is 17.9 Å². The Morgan fingerprint density at radius 1 is 1.40 bits per heavy atom. The summed E-state index contributed by atoms with van der Waals surface area (Å²) in [6.07, 6.45) is 0.783. The number of esters is 1. The molecule has 1 N–H and O–H groups in total. The van der Waals surface area contributed by atoms with Crippen molar-refractivity contribution >= 4 is 21.9 Å². The van der Waals surface area contributed by atoms with Crippen LogP contribution in [0, 0.1) is 5.92 Å². The first-order chi connectivity index (χ1) is 9.62. The minimum atomic E-state index is -0.179. The minimum Gasteiger partial charge on any atom is -0.493 e. The first kappa shape index (κ1) is 15.1. The van der Waals surface area contributed by atoms with Crippen molar-refractivity contribution in [3.8, 4) is 11.5 Å². The molecule has 2 rings (SSSR count). The molecule has 0 saturated heterocycles. The molecule has 1 aliphatic rings. The molecule has 110 valence electrons. The molecule has 6 heteroatoms. The lowest BCUT2D eigenvalue weighted by atomic mass is 10.1. The lowest BCUT2D eigenvalue weighted by Gasteiger charge is -2.13. The summed E-state index contributed by atoms with van der Waals surface area (Å²) in [5, 5.41) is 8.81. The number of rotatable bonds is 6. The highest BCUT2D eigenvalue weighted by Gasteiger charge is 2.46. The lowest BCUT2D eigenvalue weighted by molar-refractivity contribution is -0.142. The van der Waals surface area contributed by atoms with E-state index in [4.69, 9.17) is 19.3 Å². The van der Waals surface area contributed by atoms with Gasteiger partial charge in [0.25, 0.3) is 0 Å². The fourth-order valence-corrected chi connectivity index (χ4v) is 2.83. The number of hydrogen-bond acceptors (Lipinski definition) is 5. The van der Waals surface area contributed by atoms with Gasteiger partial charge in [0.05, 0.1) is 26.7 Å². The van der Waals surface area contributed by atoms with E-state index >= 15 is 0 Å². The summed E-state index contributed by atoms with van der Waals surface area (Å²) in [7, 11) is 2.96. The van der Waals surface area contributed by atoms with Gasteiger partial charge < -0.3 is 19.3 Å². The van der Waals surface area contributed by atoms with Crippen LogP contribution in [0.15, 0.2) is 16.6 Å². The first-order valence-corrected chi connectivity index (χ1v) is 7.10. The second-order valence-electron chi connectivity index (χ2n) is 4.57. The molecular weight excluding hydrogens is 328 g/mol. The topological polar surface area (TPSA) is 65.0 Å². The molecule has 0 spiro atoms. The van der Waals surface area contributed by atoms with Crippen molar-refractivity contribution in [2.24, 2.45) is 5.92 Å². The van der Waals surface area contributed by atoms with Crippen molar-refractivity contribution in [1.82, 2.24) is 0 Å². The Morgan fingerprint density at radius 2 is 2.15 bits per heavy atom. The summed E-state index contributed by atoms with van der Waals surface area (Å²) >= 11 is 3.49. The quantitative estimate of drug-likeness (QED) is 0.800. The zero-order valence-corrected chi connectivity index (χ0v) is 13.0. The largest absolute Gasteiger partial charge is 0.493 e. The third-order valence-electron chi connectivity index (χ3n) is 3.33. The normalized spacial score (nSPS) is 20.4. The van der Waals surface area contributed by atoms with Gasteiger partial charge in [-0.1, -0.05) is 15.9 Å². The second-order valence-corrected chi connectivity index (χ2v) is 5.42. The van der Waals surface area contributed by atoms with E-state index < -0.39 is 0 Å². The van der Waals surface area contributed by atoms with Crippen LogP contribution in [0.2, 0.25) is 0 Å². The van der Waals surface area contributed by atoms with Gasteiger partial charge in [-0.25, -0.2) is 0 Å². The molecule has 0 aliphatic heterocycles. The Morgan fingerprint density at radius 3 is 2.75 bits per heavy atom. The molecule has 2 atom stereocenters. The van der Waals surface area contributed by atoms with E-state index in [1.54, 1.807) is 13.2 Å². The van der Waals surface area contributed by atoms with Crippen molar-refractivity contribution in [3.05, 3.63) is 22.2 Å². The van der Waals surface area contributed by atoms with Crippen LogP contribution in [0.3, 0.4) is 0 Å². The molecule has 1 aromatic carbocycles. The number of carbonyl (C=O) groups is 1. The molecule has 0 bridgehead atoms. The van der Waals surface area contributed by atoms with E-state index in [-0.39, 0.29) is 31.0 Å². The SMILES string of the molecule is COC(=O)[C@H]1C[C@@H]1c1cc(OC)c(OCCO)cc1Br. The average Bonchev–Trinajstić information content (AvgIpc) is 3.24. The summed E-state index contributed by atoms with van der Waals surface area (Å²) in [6.45, 7) is 0.145. The highest BCUT2D eigenvalue weighted by atomic mass is 79.9. The number of halogens is 1. The monoisotopic (exact) mass is 344 g/mol. The Balaban J connectivity index is 2.21. The first-order valence-electron chi connectivity index (χ1n) is 6.31. The average molecular weight is 345 g/mol. The van der Waals surface area contributed by atoms with Crippen LogP contribution in [-0.2, 0) is 9.53 Å². The van der Waals surface area contributed by atoms with Gasteiger partial charge in [0.1, 0.15) is 6.61 Å². The molecule has 0 aromatic heterocycles. The Hall–Kier alpha value is -1.27. The van der Waals surface area contributed by atoms with Gasteiger partial charge >= 0.3 is 5.97 Å². The maximum atomic E-state index is 11.5. The number of hydrogen-bond donors (Lipinski definition) is 1. The van der Waals surface area contributed by atoms with Gasteiger partial charge in [0.2, 0.25) is 0 Å². The van der Waals surface area contributed by atoms with E-state index in [1.807, 2.05) is 6.07 Å². The van der Waals surface area contributed by atoms with Crippen molar-refractivity contribution in [2.45, 2.75) is 12.3 Å². The van der Waals surface area contributed by atoms with E-state index in [0.717, 1.165) is 16.5 Å². The van der Waals surface area contributed by atoms with Gasteiger partial charge in [-0.3, -0.25) is 4.79 Å². The van der Waals surface area contributed by atoms with Gasteiger partial charge in [0.15, 0.2) is 11.5 Å². The lowest BCUT2D eigenvalue weighted by Crippen LogP contribution is -2.05. The summed E-state index contributed by atoms with van der Waals surface area (Å²) in [5.41, 5.74) is 1.01. The Labute approximate surface area is 126 Å². The number of ether oxygens (including phenoxy) is 3. The third-order valence-corrected chi connectivity index (χ3v) is 4.01. The number of carbonyl (C=O) groups excluding carboxylic acids is 1. The van der Waals surface area contributed by atoms with E-state index in [1.165, 1.54) is 7.11 Å². The molecule has 1 aliphatic carbocycles. The minimum absolute atomic E-state index is 0.0600. The molecule has 0 amide bonds. The fraction of sp³-hybridized carbons (Fsp3) is 0.500. The Kier molecular flexibility index (Phi) is 4.88. The van der Waals surface area contributed by atoms with Crippen LogP contribution in [-0.4, -0.2) is 38.5 Å². The zero-order chi connectivity index (χ0) is 14.7. The van der Waals surface area contributed by atoms with E-state index in [0.29, 0.717) is 11.5 Å². The van der Waals surface area contributed by atoms with Crippen LogP contribution in [0.5, 0.6) is 11.5 Å². The second kappa shape index (κ2) is 6.45. The number of methoxy groups -OCH3 is 2. The van der Waals surface area contributed by atoms with Gasteiger partial charge in [-0.2, -0.15) is 0 Å². The molecule has 0 radical (unpaired) electrons. The highest BCUT2D eigenvalue weighted by molar-refractivity contribution is 9.10. The molecule has 0 heterocycles. The number of benzene rings is 1. The van der Waals surface area contributed by atoms with Crippen molar-refractivity contribution in [2.75, 3.05) is 27.4 Å². The predicted octanol–water partition coefficient (Wildman–Crippen LogP) is 2.11. The van der Waals surface area contributed by atoms with E-state index in [9.17, 15) is 4.79 Å². The van der Waals surface area contributed by atoms with Crippen LogP contribution < -0.4 is 9.47 Å². The maximum Gasteiger partial charge on any atom is 0.309 e. The molecular formula is C14H17BrO5. The van der Waals surface area contributed by atoms with Gasteiger partial charge in [-0.15, -0.1) is 0 Å².